The van der Waals surface area contributed by atoms with E-state index in [0.717, 1.165) is 0 Å². The maximum Gasteiger partial charge on any atom is 0.261 e. The minimum absolute atomic E-state index is 0.0235. The number of carbonyl (C=O) groups excluding carboxylic acids is 3. The summed E-state index contributed by atoms with van der Waals surface area (Å²) < 4.78 is 0. The van der Waals surface area contributed by atoms with Crippen molar-refractivity contribution in [3.8, 4) is 0 Å². The quantitative estimate of drug-likeness (QED) is 0.715. The van der Waals surface area contributed by atoms with Gasteiger partial charge < -0.3 is 16.0 Å². The summed E-state index contributed by atoms with van der Waals surface area (Å²) in [4.78, 5) is 35.4. The van der Waals surface area contributed by atoms with E-state index in [1.165, 1.54) is 11.3 Å². The average molecular weight is 297 g/mol. The zero-order valence-corrected chi connectivity index (χ0v) is 12.5. The summed E-state index contributed by atoms with van der Waals surface area (Å²) in [7, 11) is 0. The first kappa shape index (κ1) is 16.2. The second kappa shape index (κ2) is 7.64. The lowest BCUT2D eigenvalue weighted by Gasteiger charge is -2.14. The molecule has 110 valence electrons. The predicted molar refractivity (Wildman–Crippen MR) is 77.5 cm³/mol. The Bertz CT molecular complexity index is 471. The van der Waals surface area contributed by atoms with Gasteiger partial charge in [-0.05, 0) is 32.2 Å². The van der Waals surface area contributed by atoms with Crippen molar-refractivity contribution in [2.24, 2.45) is 0 Å². The third-order valence-corrected chi connectivity index (χ3v) is 3.23. The van der Waals surface area contributed by atoms with Gasteiger partial charge >= 0.3 is 0 Å². The van der Waals surface area contributed by atoms with Crippen LogP contribution in [0.4, 0.5) is 0 Å². The fourth-order valence-corrected chi connectivity index (χ4v) is 2.06. The lowest BCUT2D eigenvalue weighted by atomic mass is 10.3. The fraction of sp³-hybridized carbons (Fsp3) is 0.462. The SMILES string of the molecule is CC(C)NC(=O)CNC(=O)C(C)NC(=O)c1cccs1. The number of hydrogen-bond donors (Lipinski definition) is 3. The first-order valence-corrected chi connectivity index (χ1v) is 7.19. The molecule has 1 aromatic rings. The van der Waals surface area contributed by atoms with Gasteiger partial charge in [0.1, 0.15) is 6.04 Å². The van der Waals surface area contributed by atoms with Crippen LogP contribution in [0.25, 0.3) is 0 Å². The van der Waals surface area contributed by atoms with Crippen LogP contribution in [0.2, 0.25) is 0 Å². The molecular formula is C13H19N3O3S. The summed E-state index contributed by atoms with van der Waals surface area (Å²) in [5.41, 5.74) is 0. The number of rotatable bonds is 6. The van der Waals surface area contributed by atoms with E-state index in [4.69, 9.17) is 0 Å². The van der Waals surface area contributed by atoms with Gasteiger partial charge in [0.05, 0.1) is 11.4 Å². The molecule has 1 aromatic heterocycles. The molecule has 6 nitrogen and oxygen atoms in total. The van der Waals surface area contributed by atoms with Gasteiger partial charge in [-0.2, -0.15) is 0 Å². The molecule has 3 amide bonds. The van der Waals surface area contributed by atoms with Crippen LogP contribution in [0.15, 0.2) is 17.5 Å². The fourth-order valence-electron chi connectivity index (χ4n) is 1.43. The molecule has 0 bridgehead atoms. The van der Waals surface area contributed by atoms with E-state index in [9.17, 15) is 14.4 Å². The van der Waals surface area contributed by atoms with Crippen LogP contribution >= 0.6 is 11.3 Å². The van der Waals surface area contributed by atoms with E-state index in [1.54, 1.807) is 24.4 Å². The largest absolute Gasteiger partial charge is 0.352 e. The highest BCUT2D eigenvalue weighted by Crippen LogP contribution is 2.07. The second-order valence-corrected chi connectivity index (χ2v) is 5.56. The van der Waals surface area contributed by atoms with Crippen LogP contribution in [-0.4, -0.2) is 36.3 Å². The Morgan fingerprint density at radius 1 is 1.20 bits per heavy atom. The lowest BCUT2D eigenvalue weighted by molar-refractivity contribution is -0.127. The van der Waals surface area contributed by atoms with E-state index in [2.05, 4.69) is 16.0 Å². The molecule has 1 heterocycles. The van der Waals surface area contributed by atoms with E-state index >= 15 is 0 Å². The zero-order valence-electron chi connectivity index (χ0n) is 11.7. The summed E-state index contributed by atoms with van der Waals surface area (Å²) in [6.45, 7) is 5.14. The second-order valence-electron chi connectivity index (χ2n) is 4.61. The minimum Gasteiger partial charge on any atom is -0.352 e. The normalized spacial score (nSPS) is 11.8. The van der Waals surface area contributed by atoms with Crippen LogP contribution < -0.4 is 16.0 Å². The van der Waals surface area contributed by atoms with Gasteiger partial charge in [0, 0.05) is 6.04 Å². The standard InChI is InChI=1S/C13H19N3O3S/c1-8(2)15-11(17)7-14-12(18)9(3)16-13(19)10-5-4-6-20-10/h4-6,8-9H,7H2,1-3H3,(H,14,18)(H,15,17)(H,16,19). The molecule has 1 rings (SSSR count). The Kier molecular flexibility index (Phi) is 6.17. The first-order chi connectivity index (χ1) is 9.40. The van der Waals surface area contributed by atoms with Gasteiger partial charge in [-0.1, -0.05) is 6.07 Å². The van der Waals surface area contributed by atoms with Crippen molar-refractivity contribution in [1.82, 2.24) is 16.0 Å². The van der Waals surface area contributed by atoms with Gasteiger partial charge in [0.2, 0.25) is 11.8 Å². The monoisotopic (exact) mass is 297 g/mol. The van der Waals surface area contributed by atoms with Crippen molar-refractivity contribution in [3.05, 3.63) is 22.4 Å². The molecule has 7 heteroatoms. The molecule has 0 spiro atoms. The third kappa shape index (κ3) is 5.40. The summed E-state index contributed by atoms with van der Waals surface area (Å²) in [5.74, 6) is -0.951. The Labute approximate surface area is 121 Å². The van der Waals surface area contributed by atoms with Crippen molar-refractivity contribution in [3.63, 3.8) is 0 Å². The molecule has 0 saturated carbocycles. The molecule has 0 fully saturated rings. The van der Waals surface area contributed by atoms with E-state index in [1.807, 2.05) is 13.8 Å². The predicted octanol–water partition coefficient (Wildman–Crippen LogP) is 0.507. The Hall–Kier alpha value is -1.89. The van der Waals surface area contributed by atoms with Gasteiger partial charge in [0.15, 0.2) is 0 Å². The zero-order chi connectivity index (χ0) is 15.1. The van der Waals surface area contributed by atoms with Crippen molar-refractivity contribution >= 4 is 29.1 Å². The van der Waals surface area contributed by atoms with E-state index in [0.29, 0.717) is 4.88 Å². The number of hydrogen-bond acceptors (Lipinski definition) is 4. The maximum absolute atomic E-state index is 11.7. The summed E-state index contributed by atoms with van der Waals surface area (Å²) in [6, 6.07) is 2.77. The van der Waals surface area contributed by atoms with E-state index < -0.39 is 11.9 Å². The van der Waals surface area contributed by atoms with Crippen molar-refractivity contribution < 1.29 is 14.4 Å². The van der Waals surface area contributed by atoms with Crippen LogP contribution in [0.1, 0.15) is 30.4 Å². The molecule has 0 aliphatic rings. The highest BCUT2D eigenvalue weighted by atomic mass is 32.1. The molecular weight excluding hydrogens is 278 g/mol. The highest BCUT2D eigenvalue weighted by molar-refractivity contribution is 7.12. The first-order valence-electron chi connectivity index (χ1n) is 6.31. The Morgan fingerprint density at radius 3 is 2.45 bits per heavy atom. The van der Waals surface area contributed by atoms with Crippen LogP contribution in [0, 0.1) is 0 Å². The van der Waals surface area contributed by atoms with Crippen molar-refractivity contribution in [1.29, 1.82) is 0 Å². The average Bonchev–Trinajstić information content (AvgIpc) is 2.88. The van der Waals surface area contributed by atoms with Crippen LogP contribution in [0.3, 0.4) is 0 Å². The molecule has 0 aliphatic heterocycles. The Balaban J connectivity index is 2.36. The topological polar surface area (TPSA) is 87.3 Å². The van der Waals surface area contributed by atoms with Crippen LogP contribution in [-0.2, 0) is 9.59 Å². The molecule has 20 heavy (non-hydrogen) atoms. The number of carbonyl (C=O) groups is 3. The number of thiophene rings is 1. The maximum atomic E-state index is 11.7. The number of nitrogens with one attached hydrogen (secondary N) is 3. The molecule has 1 unspecified atom stereocenters. The summed E-state index contributed by atoms with van der Waals surface area (Å²) in [6.07, 6.45) is 0. The van der Waals surface area contributed by atoms with Gasteiger partial charge in [-0.25, -0.2) is 0 Å². The number of amides is 3. The van der Waals surface area contributed by atoms with Crippen molar-refractivity contribution in [2.45, 2.75) is 32.9 Å². The molecule has 0 aliphatic carbocycles. The molecule has 3 N–H and O–H groups in total. The molecule has 0 saturated heterocycles. The van der Waals surface area contributed by atoms with E-state index in [-0.39, 0.29) is 24.4 Å². The molecule has 1 atom stereocenters. The highest BCUT2D eigenvalue weighted by Gasteiger charge is 2.17. The van der Waals surface area contributed by atoms with Gasteiger partial charge in [-0.3, -0.25) is 14.4 Å². The smallest absolute Gasteiger partial charge is 0.261 e. The van der Waals surface area contributed by atoms with Gasteiger partial charge in [0.25, 0.3) is 5.91 Å². The van der Waals surface area contributed by atoms with Crippen LogP contribution in [0.5, 0.6) is 0 Å². The third-order valence-electron chi connectivity index (χ3n) is 2.36. The van der Waals surface area contributed by atoms with Crippen molar-refractivity contribution in [2.75, 3.05) is 6.54 Å². The summed E-state index contributed by atoms with van der Waals surface area (Å²) in [5, 5.41) is 9.50. The molecule has 0 aromatic carbocycles. The lowest BCUT2D eigenvalue weighted by Crippen LogP contribution is -2.48. The molecule has 0 radical (unpaired) electrons. The Morgan fingerprint density at radius 2 is 1.90 bits per heavy atom. The minimum atomic E-state index is -0.698. The summed E-state index contributed by atoms with van der Waals surface area (Å²) >= 11 is 1.30. The van der Waals surface area contributed by atoms with Gasteiger partial charge in [-0.15, -0.1) is 11.3 Å².